The van der Waals surface area contributed by atoms with E-state index in [1.54, 1.807) is 29.2 Å². The molecule has 1 aliphatic heterocycles. The second-order valence-electron chi connectivity index (χ2n) is 6.92. The fourth-order valence-corrected chi connectivity index (χ4v) is 3.67. The predicted molar refractivity (Wildman–Crippen MR) is 102 cm³/mol. The highest BCUT2D eigenvalue weighted by Crippen LogP contribution is 2.36. The summed E-state index contributed by atoms with van der Waals surface area (Å²) in [5.41, 5.74) is 0.444. The van der Waals surface area contributed by atoms with Crippen molar-refractivity contribution < 1.29 is 19.5 Å². The molecule has 1 amide bonds. The molecule has 2 aromatic carbocycles. The average molecular weight is 365 g/mol. The second-order valence-corrected chi connectivity index (χ2v) is 6.92. The standard InChI is InChI=1S/C22H23NO4/c24-19(17-7-3-1-4-8-17)11-12-20(25)23-15-13-22(14-16-23,21(26)27)18-9-5-2-6-10-18/h1-10H,11-16H2,(H,26,27). The predicted octanol–water partition coefficient (Wildman–Crippen LogP) is 3.29. The molecule has 140 valence electrons. The number of Topliss-reactive ketones (excluding diaryl/α,β-unsaturated/α-hetero) is 1. The van der Waals surface area contributed by atoms with Gasteiger partial charge in [-0.3, -0.25) is 14.4 Å². The number of benzene rings is 2. The van der Waals surface area contributed by atoms with E-state index in [4.69, 9.17) is 0 Å². The lowest BCUT2D eigenvalue weighted by atomic mass is 9.73. The van der Waals surface area contributed by atoms with Crippen LogP contribution in [-0.4, -0.2) is 40.8 Å². The van der Waals surface area contributed by atoms with Gasteiger partial charge in [-0.15, -0.1) is 0 Å². The Morgan fingerprint density at radius 3 is 1.96 bits per heavy atom. The van der Waals surface area contributed by atoms with E-state index in [1.165, 1.54) is 0 Å². The fraction of sp³-hybridized carbons (Fsp3) is 0.318. The number of rotatable bonds is 6. The van der Waals surface area contributed by atoms with Gasteiger partial charge in [0.05, 0.1) is 5.41 Å². The Morgan fingerprint density at radius 2 is 1.41 bits per heavy atom. The topological polar surface area (TPSA) is 74.7 Å². The summed E-state index contributed by atoms with van der Waals surface area (Å²) in [5, 5.41) is 9.82. The van der Waals surface area contributed by atoms with Gasteiger partial charge in [-0.05, 0) is 18.4 Å². The number of aliphatic carboxylic acids is 1. The molecule has 0 saturated carbocycles. The number of ketones is 1. The van der Waals surface area contributed by atoms with Crippen molar-refractivity contribution >= 4 is 17.7 Å². The first-order valence-electron chi connectivity index (χ1n) is 9.18. The van der Waals surface area contributed by atoms with Crippen LogP contribution < -0.4 is 0 Å². The summed E-state index contributed by atoms with van der Waals surface area (Å²) in [6, 6.07) is 18.2. The molecule has 1 aliphatic rings. The summed E-state index contributed by atoms with van der Waals surface area (Å²) in [4.78, 5) is 38.3. The number of piperidine rings is 1. The van der Waals surface area contributed by atoms with Crippen molar-refractivity contribution in [3.8, 4) is 0 Å². The lowest BCUT2D eigenvalue weighted by Crippen LogP contribution is -2.49. The molecule has 0 atom stereocenters. The molecule has 1 saturated heterocycles. The van der Waals surface area contributed by atoms with E-state index in [-0.39, 0.29) is 24.5 Å². The molecule has 27 heavy (non-hydrogen) atoms. The Kier molecular flexibility index (Phi) is 5.69. The molecule has 0 aliphatic carbocycles. The SMILES string of the molecule is O=C(CCC(=O)N1CCC(C(=O)O)(c2ccccc2)CC1)c1ccccc1. The maximum atomic E-state index is 12.5. The smallest absolute Gasteiger partial charge is 0.314 e. The fourth-order valence-electron chi connectivity index (χ4n) is 3.67. The lowest BCUT2D eigenvalue weighted by molar-refractivity contribution is -0.148. The zero-order valence-electron chi connectivity index (χ0n) is 15.1. The number of carboxylic acid groups (broad SMARTS) is 1. The zero-order valence-corrected chi connectivity index (χ0v) is 15.1. The summed E-state index contributed by atoms with van der Waals surface area (Å²) < 4.78 is 0. The Labute approximate surface area is 158 Å². The number of amides is 1. The summed E-state index contributed by atoms with van der Waals surface area (Å²) in [7, 11) is 0. The average Bonchev–Trinajstić information content (AvgIpc) is 2.73. The van der Waals surface area contributed by atoms with E-state index in [0.29, 0.717) is 31.5 Å². The summed E-state index contributed by atoms with van der Waals surface area (Å²) in [6.07, 6.45) is 1.08. The minimum Gasteiger partial charge on any atom is -0.481 e. The molecular weight excluding hydrogens is 342 g/mol. The van der Waals surface area contributed by atoms with Crippen molar-refractivity contribution in [1.29, 1.82) is 0 Å². The van der Waals surface area contributed by atoms with Crippen LogP contribution in [0, 0.1) is 0 Å². The molecule has 0 aromatic heterocycles. The van der Waals surface area contributed by atoms with Crippen LogP contribution in [0.25, 0.3) is 0 Å². The van der Waals surface area contributed by atoms with Crippen molar-refractivity contribution in [3.63, 3.8) is 0 Å². The van der Waals surface area contributed by atoms with Gasteiger partial charge in [-0.2, -0.15) is 0 Å². The molecule has 5 heteroatoms. The van der Waals surface area contributed by atoms with Gasteiger partial charge in [0, 0.05) is 31.5 Å². The molecule has 3 rings (SSSR count). The van der Waals surface area contributed by atoms with Crippen LogP contribution in [0.3, 0.4) is 0 Å². The molecule has 5 nitrogen and oxygen atoms in total. The molecule has 0 bridgehead atoms. The molecule has 2 aromatic rings. The van der Waals surface area contributed by atoms with Crippen molar-refractivity contribution in [2.75, 3.05) is 13.1 Å². The molecular formula is C22H23NO4. The number of carboxylic acids is 1. The van der Waals surface area contributed by atoms with Gasteiger partial charge in [0.1, 0.15) is 0 Å². The molecule has 1 fully saturated rings. The molecule has 0 spiro atoms. The van der Waals surface area contributed by atoms with Crippen molar-refractivity contribution in [2.24, 2.45) is 0 Å². The molecule has 1 heterocycles. The Balaban J connectivity index is 1.59. The number of likely N-dealkylation sites (tertiary alicyclic amines) is 1. The normalized spacial score (nSPS) is 15.9. The lowest BCUT2D eigenvalue weighted by Gasteiger charge is -2.39. The number of carbonyl (C=O) groups excluding carboxylic acids is 2. The minimum absolute atomic E-state index is 0.0508. The van der Waals surface area contributed by atoms with Crippen molar-refractivity contribution in [1.82, 2.24) is 4.90 Å². The quantitative estimate of drug-likeness (QED) is 0.797. The number of hydrogen-bond donors (Lipinski definition) is 1. The van der Waals surface area contributed by atoms with Gasteiger partial charge in [0.25, 0.3) is 0 Å². The second kappa shape index (κ2) is 8.16. The van der Waals surface area contributed by atoms with Crippen LogP contribution in [0.5, 0.6) is 0 Å². The third-order valence-corrected chi connectivity index (χ3v) is 5.37. The highest BCUT2D eigenvalue weighted by atomic mass is 16.4. The van der Waals surface area contributed by atoms with E-state index in [1.807, 2.05) is 36.4 Å². The largest absolute Gasteiger partial charge is 0.481 e. The zero-order chi connectivity index (χ0) is 19.3. The maximum absolute atomic E-state index is 12.5. The van der Waals surface area contributed by atoms with E-state index >= 15 is 0 Å². The molecule has 0 unspecified atom stereocenters. The first kappa shape index (κ1) is 18.8. The van der Waals surface area contributed by atoms with Crippen molar-refractivity contribution in [2.45, 2.75) is 31.1 Å². The van der Waals surface area contributed by atoms with Gasteiger partial charge in [-0.25, -0.2) is 0 Å². The highest BCUT2D eigenvalue weighted by Gasteiger charge is 2.43. The van der Waals surface area contributed by atoms with Gasteiger partial charge < -0.3 is 10.0 Å². The van der Waals surface area contributed by atoms with Crippen LogP contribution in [-0.2, 0) is 15.0 Å². The van der Waals surface area contributed by atoms with E-state index in [0.717, 1.165) is 5.56 Å². The molecule has 0 radical (unpaired) electrons. The maximum Gasteiger partial charge on any atom is 0.314 e. The Bertz CT molecular complexity index is 809. The first-order chi connectivity index (χ1) is 13.0. The van der Waals surface area contributed by atoms with Gasteiger partial charge in [-0.1, -0.05) is 60.7 Å². The van der Waals surface area contributed by atoms with Gasteiger partial charge in [0.2, 0.25) is 5.91 Å². The Hall–Kier alpha value is -2.95. The van der Waals surface area contributed by atoms with Gasteiger partial charge >= 0.3 is 5.97 Å². The Morgan fingerprint density at radius 1 is 0.852 bits per heavy atom. The van der Waals surface area contributed by atoms with Crippen LogP contribution in [0.1, 0.15) is 41.6 Å². The monoisotopic (exact) mass is 365 g/mol. The number of carbonyl (C=O) groups is 3. The third-order valence-electron chi connectivity index (χ3n) is 5.37. The first-order valence-corrected chi connectivity index (χ1v) is 9.18. The van der Waals surface area contributed by atoms with Crippen molar-refractivity contribution in [3.05, 3.63) is 71.8 Å². The third kappa shape index (κ3) is 4.08. The van der Waals surface area contributed by atoms with E-state index in [2.05, 4.69) is 0 Å². The number of hydrogen-bond acceptors (Lipinski definition) is 3. The van der Waals surface area contributed by atoms with E-state index in [9.17, 15) is 19.5 Å². The highest BCUT2D eigenvalue weighted by molar-refractivity contribution is 5.97. The van der Waals surface area contributed by atoms with Crippen LogP contribution in [0.15, 0.2) is 60.7 Å². The van der Waals surface area contributed by atoms with Crippen LogP contribution in [0.4, 0.5) is 0 Å². The summed E-state index contributed by atoms with van der Waals surface area (Å²) in [6.45, 7) is 0.777. The van der Waals surface area contributed by atoms with Gasteiger partial charge in [0.15, 0.2) is 5.78 Å². The minimum atomic E-state index is -0.947. The van der Waals surface area contributed by atoms with E-state index < -0.39 is 11.4 Å². The summed E-state index contributed by atoms with van der Waals surface area (Å²) >= 11 is 0. The van der Waals surface area contributed by atoms with Crippen LogP contribution >= 0.6 is 0 Å². The molecule has 1 N–H and O–H groups in total. The van der Waals surface area contributed by atoms with Crippen LogP contribution in [0.2, 0.25) is 0 Å². The summed E-state index contributed by atoms with van der Waals surface area (Å²) in [5.74, 6) is -0.989. The number of nitrogens with zero attached hydrogens (tertiary/aromatic N) is 1.